The van der Waals surface area contributed by atoms with Gasteiger partial charge < -0.3 is 14.9 Å². The summed E-state index contributed by atoms with van der Waals surface area (Å²) >= 11 is 0. The second kappa shape index (κ2) is 6.74. The lowest BCUT2D eigenvalue weighted by Gasteiger charge is -2.07. The molecule has 0 aliphatic rings. The highest BCUT2D eigenvalue weighted by Crippen LogP contribution is 1.90. The van der Waals surface area contributed by atoms with Crippen molar-refractivity contribution in [1.29, 1.82) is 0 Å². The van der Waals surface area contributed by atoms with Crippen LogP contribution in [0.4, 0.5) is 0 Å². The normalized spacial score (nSPS) is 13.0. The molecule has 0 aliphatic carbocycles. The molecule has 0 bridgehead atoms. The van der Waals surface area contributed by atoms with E-state index in [0.29, 0.717) is 13.0 Å². The number of hydrogen-bond donors (Lipinski definition) is 2. The summed E-state index contributed by atoms with van der Waals surface area (Å²) in [7, 11) is 0. The zero-order valence-corrected chi connectivity index (χ0v) is 5.99. The molecule has 3 heteroatoms. The van der Waals surface area contributed by atoms with Crippen molar-refractivity contribution < 1.29 is 14.9 Å². The van der Waals surface area contributed by atoms with Gasteiger partial charge in [-0.15, -0.1) is 6.58 Å². The Morgan fingerprint density at radius 1 is 1.60 bits per heavy atom. The van der Waals surface area contributed by atoms with E-state index < -0.39 is 6.10 Å². The zero-order valence-electron chi connectivity index (χ0n) is 5.99. The van der Waals surface area contributed by atoms with Gasteiger partial charge >= 0.3 is 0 Å². The molecule has 0 radical (unpaired) electrons. The van der Waals surface area contributed by atoms with E-state index in [9.17, 15) is 0 Å². The lowest BCUT2D eigenvalue weighted by molar-refractivity contribution is 0.0348. The first-order valence-electron chi connectivity index (χ1n) is 3.28. The number of ether oxygens (including phenoxy) is 1. The van der Waals surface area contributed by atoms with E-state index in [2.05, 4.69) is 6.58 Å². The van der Waals surface area contributed by atoms with E-state index in [-0.39, 0.29) is 13.2 Å². The van der Waals surface area contributed by atoms with Crippen LogP contribution in [0.25, 0.3) is 0 Å². The van der Waals surface area contributed by atoms with Gasteiger partial charge in [-0.3, -0.25) is 0 Å². The third-order valence-corrected chi connectivity index (χ3v) is 1.01. The van der Waals surface area contributed by atoms with Crippen molar-refractivity contribution in [3.63, 3.8) is 0 Å². The van der Waals surface area contributed by atoms with Gasteiger partial charge in [0.1, 0.15) is 0 Å². The maximum atomic E-state index is 8.96. The Kier molecular flexibility index (Phi) is 6.48. The van der Waals surface area contributed by atoms with Gasteiger partial charge in [0.2, 0.25) is 0 Å². The Bertz CT molecular complexity index is 82.9. The van der Waals surface area contributed by atoms with Crippen molar-refractivity contribution >= 4 is 0 Å². The molecule has 0 aromatic rings. The van der Waals surface area contributed by atoms with Crippen LogP contribution in [0.1, 0.15) is 6.42 Å². The number of aliphatic hydroxyl groups excluding tert-OH is 2. The van der Waals surface area contributed by atoms with Crippen LogP contribution in [0.5, 0.6) is 0 Å². The van der Waals surface area contributed by atoms with Crippen LogP contribution in [0.15, 0.2) is 12.7 Å². The molecule has 0 aromatic carbocycles. The van der Waals surface area contributed by atoms with Crippen LogP contribution in [-0.4, -0.2) is 36.1 Å². The second-order valence-corrected chi connectivity index (χ2v) is 1.99. The van der Waals surface area contributed by atoms with Crippen LogP contribution in [0.2, 0.25) is 0 Å². The lowest BCUT2D eigenvalue weighted by Crippen LogP contribution is -2.16. The first-order valence-corrected chi connectivity index (χ1v) is 3.28. The molecule has 3 nitrogen and oxygen atoms in total. The summed E-state index contributed by atoms with van der Waals surface area (Å²) in [6.07, 6.45) is 1.44. The Balaban J connectivity index is 3.04. The molecule has 0 rings (SSSR count). The van der Waals surface area contributed by atoms with Crippen molar-refractivity contribution in [1.82, 2.24) is 0 Å². The molecule has 0 spiro atoms. The molecule has 2 N–H and O–H groups in total. The van der Waals surface area contributed by atoms with E-state index in [1.807, 2.05) is 0 Å². The van der Waals surface area contributed by atoms with Crippen LogP contribution in [0.3, 0.4) is 0 Å². The van der Waals surface area contributed by atoms with Crippen LogP contribution < -0.4 is 0 Å². The monoisotopic (exact) mass is 146 g/mol. The fourth-order valence-corrected chi connectivity index (χ4v) is 0.520. The Hall–Kier alpha value is -0.380. The minimum absolute atomic E-state index is 0.00137. The summed E-state index contributed by atoms with van der Waals surface area (Å²) in [4.78, 5) is 0. The molecule has 10 heavy (non-hydrogen) atoms. The fourth-order valence-electron chi connectivity index (χ4n) is 0.520. The third kappa shape index (κ3) is 5.75. The summed E-state index contributed by atoms with van der Waals surface area (Å²) in [6, 6.07) is 0. The van der Waals surface area contributed by atoms with Gasteiger partial charge in [-0.05, 0) is 6.42 Å². The summed E-state index contributed by atoms with van der Waals surface area (Å²) < 4.78 is 4.92. The predicted octanol–water partition coefficient (Wildman–Crippen LogP) is -0.0677. The smallest absolute Gasteiger partial charge is 0.0795 e. The largest absolute Gasteiger partial charge is 0.396 e. The maximum Gasteiger partial charge on any atom is 0.0795 e. The average Bonchev–Trinajstić information content (AvgIpc) is 1.89. The molecular weight excluding hydrogens is 132 g/mol. The number of hydrogen-bond acceptors (Lipinski definition) is 3. The SMILES string of the molecule is C=CCOCC(O)CCO. The summed E-state index contributed by atoms with van der Waals surface area (Å²) in [5, 5.41) is 17.3. The van der Waals surface area contributed by atoms with Crippen molar-refractivity contribution in [2.24, 2.45) is 0 Å². The highest BCUT2D eigenvalue weighted by Gasteiger charge is 2.00. The van der Waals surface area contributed by atoms with Crippen LogP contribution >= 0.6 is 0 Å². The van der Waals surface area contributed by atoms with Gasteiger partial charge in [-0.1, -0.05) is 6.08 Å². The van der Waals surface area contributed by atoms with Crippen molar-refractivity contribution in [3.8, 4) is 0 Å². The minimum atomic E-state index is -0.551. The summed E-state index contributed by atoms with van der Waals surface area (Å²) in [5.74, 6) is 0. The van der Waals surface area contributed by atoms with E-state index in [0.717, 1.165) is 0 Å². The standard InChI is InChI=1S/C7H14O3/c1-2-5-10-6-7(9)3-4-8/h2,7-9H,1,3-6H2. The molecule has 0 heterocycles. The Morgan fingerprint density at radius 2 is 2.30 bits per heavy atom. The van der Waals surface area contributed by atoms with Gasteiger partial charge in [0, 0.05) is 6.61 Å². The van der Waals surface area contributed by atoms with E-state index >= 15 is 0 Å². The molecular formula is C7H14O3. The van der Waals surface area contributed by atoms with E-state index in [1.165, 1.54) is 0 Å². The lowest BCUT2D eigenvalue weighted by atomic mass is 10.3. The van der Waals surface area contributed by atoms with Crippen molar-refractivity contribution in [2.45, 2.75) is 12.5 Å². The Morgan fingerprint density at radius 3 is 2.80 bits per heavy atom. The van der Waals surface area contributed by atoms with Crippen LogP contribution in [0, 0.1) is 0 Å². The highest BCUT2D eigenvalue weighted by molar-refractivity contribution is 4.64. The zero-order chi connectivity index (χ0) is 7.82. The topological polar surface area (TPSA) is 49.7 Å². The second-order valence-electron chi connectivity index (χ2n) is 1.99. The summed E-state index contributed by atoms with van der Waals surface area (Å²) in [5.41, 5.74) is 0. The quantitative estimate of drug-likeness (QED) is 0.407. The number of aliphatic hydroxyl groups is 2. The molecule has 0 saturated heterocycles. The minimum Gasteiger partial charge on any atom is -0.396 e. The van der Waals surface area contributed by atoms with Crippen molar-refractivity contribution in [2.75, 3.05) is 19.8 Å². The van der Waals surface area contributed by atoms with Gasteiger partial charge in [-0.25, -0.2) is 0 Å². The number of rotatable bonds is 6. The molecule has 1 unspecified atom stereocenters. The first kappa shape index (κ1) is 9.62. The molecule has 0 saturated carbocycles. The molecule has 0 fully saturated rings. The van der Waals surface area contributed by atoms with Crippen LogP contribution in [-0.2, 0) is 4.74 Å². The molecule has 0 aliphatic heterocycles. The van der Waals surface area contributed by atoms with Gasteiger partial charge in [-0.2, -0.15) is 0 Å². The van der Waals surface area contributed by atoms with E-state index in [1.54, 1.807) is 6.08 Å². The summed E-state index contributed by atoms with van der Waals surface area (Å²) in [6.45, 7) is 4.16. The molecule has 1 atom stereocenters. The van der Waals surface area contributed by atoms with Gasteiger partial charge in [0.05, 0.1) is 19.3 Å². The fraction of sp³-hybridized carbons (Fsp3) is 0.714. The maximum absolute atomic E-state index is 8.96. The highest BCUT2D eigenvalue weighted by atomic mass is 16.5. The average molecular weight is 146 g/mol. The van der Waals surface area contributed by atoms with Gasteiger partial charge in [0.25, 0.3) is 0 Å². The first-order chi connectivity index (χ1) is 4.81. The third-order valence-electron chi connectivity index (χ3n) is 1.01. The predicted molar refractivity (Wildman–Crippen MR) is 38.7 cm³/mol. The Labute approximate surface area is 60.9 Å². The van der Waals surface area contributed by atoms with E-state index in [4.69, 9.17) is 14.9 Å². The molecule has 0 amide bonds. The molecule has 60 valence electrons. The van der Waals surface area contributed by atoms with Gasteiger partial charge in [0.15, 0.2) is 0 Å². The molecule has 0 aromatic heterocycles. The van der Waals surface area contributed by atoms with Crippen molar-refractivity contribution in [3.05, 3.63) is 12.7 Å².